The van der Waals surface area contributed by atoms with Crippen LogP contribution in [0.5, 0.6) is 0 Å². The van der Waals surface area contributed by atoms with Crippen LogP contribution in [-0.2, 0) is 6.42 Å². The number of nitrogens with zero attached hydrogens (tertiary/aromatic N) is 1. The Kier molecular flexibility index (Phi) is 3.79. The number of anilines is 1. The first-order chi connectivity index (χ1) is 10.9. The Hall–Kier alpha value is -2.44. The summed E-state index contributed by atoms with van der Waals surface area (Å²) in [5, 5.41) is 2.95. The van der Waals surface area contributed by atoms with E-state index in [0.29, 0.717) is 18.4 Å². The summed E-state index contributed by atoms with van der Waals surface area (Å²) in [5.74, 6) is -0.764. The van der Waals surface area contributed by atoms with Gasteiger partial charge in [0.15, 0.2) is 0 Å². The molecule has 2 N–H and O–H groups in total. The van der Waals surface area contributed by atoms with Gasteiger partial charge < -0.3 is 5.32 Å². The minimum absolute atomic E-state index is 0.185. The lowest BCUT2D eigenvalue weighted by molar-refractivity contribution is 0.522. The van der Waals surface area contributed by atoms with Crippen molar-refractivity contribution < 1.29 is 8.78 Å². The number of benzene rings is 1. The largest absolute Gasteiger partial charge is 0.364 e. The monoisotopic (exact) mass is 321 g/mol. The molecule has 23 heavy (non-hydrogen) atoms. The van der Waals surface area contributed by atoms with Crippen LogP contribution in [0.15, 0.2) is 27.8 Å². The summed E-state index contributed by atoms with van der Waals surface area (Å²) in [7, 11) is 0. The van der Waals surface area contributed by atoms with Gasteiger partial charge in [-0.05, 0) is 44.9 Å². The minimum Gasteiger partial charge on any atom is -0.364 e. The van der Waals surface area contributed by atoms with Crippen LogP contribution in [0.4, 0.5) is 14.6 Å². The highest BCUT2D eigenvalue weighted by molar-refractivity contribution is 5.48. The number of aromatic nitrogens is 2. The lowest BCUT2D eigenvalue weighted by Crippen LogP contribution is -2.41. The van der Waals surface area contributed by atoms with Crippen molar-refractivity contribution >= 4 is 5.82 Å². The van der Waals surface area contributed by atoms with Crippen molar-refractivity contribution in [1.29, 1.82) is 0 Å². The highest BCUT2D eigenvalue weighted by Gasteiger charge is 2.26. The van der Waals surface area contributed by atoms with Gasteiger partial charge in [0.05, 0.1) is 11.6 Å². The Balaban J connectivity index is 2.04. The zero-order chi connectivity index (χ0) is 16.7. The molecule has 1 aliphatic heterocycles. The molecule has 0 aliphatic carbocycles. The quantitative estimate of drug-likeness (QED) is 0.893. The summed E-state index contributed by atoms with van der Waals surface area (Å²) in [6.07, 6.45) is 0.817. The number of aromatic amines is 1. The van der Waals surface area contributed by atoms with Crippen molar-refractivity contribution in [2.45, 2.75) is 38.8 Å². The number of H-pyrrole nitrogens is 1. The molecule has 1 atom stereocenters. The highest BCUT2D eigenvalue weighted by atomic mass is 19.1. The molecular formula is C16H17F2N3O2. The predicted molar refractivity (Wildman–Crippen MR) is 82.8 cm³/mol. The van der Waals surface area contributed by atoms with E-state index in [-0.39, 0.29) is 23.0 Å². The topological polar surface area (TPSA) is 66.9 Å². The second-order valence-corrected chi connectivity index (χ2v) is 5.95. The van der Waals surface area contributed by atoms with Crippen LogP contribution in [0.1, 0.15) is 43.5 Å². The van der Waals surface area contributed by atoms with E-state index in [1.807, 2.05) is 0 Å². The van der Waals surface area contributed by atoms with Gasteiger partial charge in [0.1, 0.15) is 17.5 Å². The summed E-state index contributed by atoms with van der Waals surface area (Å²) >= 11 is 0. The Morgan fingerprint density at radius 3 is 2.70 bits per heavy atom. The van der Waals surface area contributed by atoms with E-state index < -0.39 is 23.4 Å². The van der Waals surface area contributed by atoms with E-state index in [2.05, 4.69) is 10.3 Å². The van der Waals surface area contributed by atoms with Gasteiger partial charge in [-0.25, -0.2) is 13.6 Å². The van der Waals surface area contributed by atoms with Crippen LogP contribution >= 0.6 is 0 Å². The maximum absolute atomic E-state index is 13.9. The minimum atomic E-state index is -0.530. The smallest absolute Gasteiger partial charge is 0.330 e. The van der Waals surface area contributed by atoms with Gasteiger partial charge in [0.2, 0.25) is 0 Å². The maximum Gasteiger partial charge on any atom is 0.330 e. The lowest BCUT2D eigenvalue weighted by atomic mass is 9.95. The Morgan fingerprint density at radius 2 is 2.00 bits per heavy atom. The molecule has 0 radical (unpaired) electrons. The van der Waals surface area contributed by atoms with E-state index in [9.17, 15) is 18.4 Å². The van der Waals surface area contributed by atoms with Crippen LogP contribution in [0.2, 0.25) is 0 Å². The number of nitrogens with one attached hydrogen (secondary N) is 2. The molecule has 2 aromatic rings. The van der Waals surface area contributed by atoms with Crippen molar-refractivity contribution in [1.82, 2.24) is 9.55 Å². The van der Waals surface area contributed by atoms with Gasteiger partial charge in [-0.1, -0.05) is 0 Å². The van der Waals surface area contributed by atoms with Crippen molar-refractivity contribution in [2.24, 2.45) is 0 Å². The molecule has 0 saturated carbocycles. The van der Waals surface area contributed by atoms with Gasteiger partial charge in [0, 0.05) is 11.6 Å². The van der Waals surface area contributed by atoms with Crippen molar-refractivity contribution in [2.75, 3.05) is 5.32 Å². The molecule has 7 heteroatoms. The summed E-state index contributed by atoms with van der Waals surface area (Å²) in [6, 6.07) is 2.50. The third-order valence-corrected chi connectivity index (χ3v) is 4.08. The zero-order valence-corrected chi connectivity index (χ0v) is 12.8. The van der Waals surface area contributed by atoms with Gasteiger partial charge in [0.25, 0.3) is 5.56 Å². The molecule has 2 heterocycles. The third-order valence-electron chi connectivity index (χ3n) is 4.08. The molecular weight excluding hydrogens is 304 g/mol. The van der Waals surface area contributed by atoms with E-state index in [1.165, 1.54) is 0 Å². The Labute approximate surface area is 131 Å². The van der Waals surface area contributed by atoms with Crippen molar-refractivity contribution in [3.05, 3.63) is 61.8 Å². The Bertz CT molecular complexity index is 871. The molecule has 0 amide bonds. The second kappa shape index (κ2) is 5.64. The van der Waals surface area contributed by atoms with Crippen LogP contribution < -0.4 is 16.6 Å². The van der Waals surface area contributed by atoms with Gasteiger partial charge >= 0.3 is 5.69 Å². The van der Waals surface area contributed by atoms with E-state index in [0.717, 1.165) is 22.8 Å². The number of halogens is 2. The molecule has 1 aromatic heterocycles. The number of rotatable bonds is 2. The first kappa shape index (κ1) is 15.5. The molecule has 0 unspecified atom stereocenters. The van der Waals surface area contributed by atoms with Gasteiger partial charge in [-0.15, -0.1) is 0 Å². The fourth-order valence-corrected chi connectivity index (χ4v) is 2.96. The first-order valence-corrected chi connectivity index (χ1v) is 7.47. The number of hydrogen-bond acceptors (Lipinski definition) is 3. The van der Waals surface area contributed by atoms with Crippen molar-refractivity contribution in [3.8, 4) is 0 Å². The van der Waals surface area contributed by atoms with Crippen LogP contribution in [0.3, 0.4) is 0 Å². The normalized spacial score (nSPS) is 17.0. The average Bonchev–Trinajstić information content (AvgIpc) is 2.48. The molecule has 0 saturated heterocycles. The molecule has 1 aromatic carbocycles. The van der Waals surface area contributed by atoms with E-state index >= 15 is 0 Å². The summed E-state index contributed by atoms with van der Waals surface area (Å²) in [4.78, 5) is 27.1. The second-order valence-electron chi connectivity index (χ2n) is 5.95. The van der Waals surface area contributed by atoms with Gasteiger partial charge in [-0.2, -0.15) is 0 Å². The first-order valence-electron chi connectivity index (χ1n) is 7.47. The number of hydrogen-bond donors (Lipinski definition) is 2. The van der Waals surface area contributed by atoms with Crippen LogP contribution in [0, 0.1) is 11.6 Å². The molecule has 122 valence electrons. The predicted octanol–water partition coefficient (Wildman–Crippen LogP) is 2.50. The maximum atomic E-state index is 13.9. The molecule has 5 nitrogen and oxygen atoms in total. The molecule has 0 fully saturated rings. The van der Waals surface area contributed by atoms with E-state index in [4.69, 9.17) is 0 Å². The van der Waals surface area contributed by atoms with Crippen LogP contribution in [-0.4, -0.2) is 9.55 Å². The summed E-state index contributed by atoms with van der Waals surface area (Å²) in [5.41, 5.74) is -0.211. The zero-order valence-electron chi connectivity index (χ0n) is 12.8. The fourth-order valence-electron chi connectivity index (χ4n) is 2.96. The summed E-state index contributed by atoms with van der Waals surface area (Å²) in [6.45, 7) is 3.51. The third kappa shape index (κ3) is 2.67. The van der Waals surface area contributed by atoms with Crippen LogP contribution in [0.25, 0.3) is 0 Å². The number of fused-ring (bicyclic) bond motifs is 1. The Morgan fingerprint density at radius 1 is 1.26 bits per heavy atom. The summed E-state index contributed by atoms with van der Waals surface area (Å²) < 4.78 is 28.4. The van der Waals surface area contributed by atoms with E-state index in [1.54, 1.807) is 13.8 Å². The van der Waals surface area contributed by atoms with Crippen molar-refractivity contribution in [3.63, 3.8) is 0 Å². The molecule has 3 rings (SSSR count). The SMILES string of the molecule is CC(C)n1c(=O)[nH]c2c(c1=O)CC[C@H](c1cc(F)ccc1F)N2. The fraction of sp³-hybridized carbons (Fsp3) is 0.375. The lowest BCUT2D eigenvalue weighted by Gasteiger charge is -2.27. The molecule has 0 spiro atoms. The average molecular weight is 321 g/mol. The molecule has 1 aliphatic rings. The highest BCUT2D eigenvalue weighted by Crippen LogP contribution is 2.31. The standard InChI is InChI=1S/C16H17F2N3O2/c1-8(2)21-15(22)10-4-6-13(19-14(10)20-16(21)23)11-7-9(17)3-5-12(11)18/h3,5,7-8,13,19H,4,6H2,1-2H3,(H,20,23)/t13-/m1/s1. The molecule has 0 bridgehead atoms. The van der Waals surface area contributed by atoms with Gasteiger partial charge in [-0.3, -0.25) is 14.3 Å².